The monoisotopic (exact) mass is 478 g/mol. The molecule has 9 nitrogen and oxygen atoms in total. The number of ether oxygens (including phenoxy) is 1. The van der Waals surface area contributed by atoms with Crippen molar-refractivity contribution in [2.75, 3.05) is 32.7 Å². The number of aromatic amines is 1. The van der Waals surface area contributed by atoms with Gasteiger partial charge in [0.15, 0.2) is 5.69 Å². The highest BCUT2D eigenvalue weighted by Crippen LogP contribution is 2.37. The van der Waals surface area contributed by atoms with Crippen LogP contribution in [-0.2, 0) is 17.5 Å². The Balaban J connectivity index is 1.34. The fourth-order valence-corrected chi connectivity index (χ4v) is 4.02. The maximum atomic E-state index is 13.4. The van der Waals surface area contributed by atoms with Crippen molar-refractivity contribution in [3.8, 4) is 11.5 Å². The number of hydrogen-bond donors (Lipinski definition) is 1. The molecule has 0 radical (unpaired) electrons. The summed E-state index contributed by atoms with van der Waals surface area (Å²) in [7, 11) is 0. The summed E-state index contributed by atoms with van der Waals surface area (Å²) in [5.41, 5.74) is -0.680. The van der Waals surface area contributed by atoms with Crippen molar-refractivity contribution in [3.63, 3.8) is 0 Å². The number of benzene rings is 1. The van der Waals surface area contributed by atoms with Crippen molar-refractivity contribution in [2.45, 2.75) is 32.2 Å². The summed E-state index contributed by atoms with van der Waals surface area (Å²) in [5, 5.41) is 13.6. The minimum Gasteiger partial charge on any atom is -0.454 e. The van der Waals surface area contributed by atoms with E-state index in [0.717, 1.165) is 44.2 Å². The number of nitrogens with zero attached hydrogens (tertiary/aromatic N) is 5. The van der Waals surface area contributed by atoms with Gasteiger partial charge in [-0.25, -0.2) is 4.79 Å². The molecule has 0 aliphatic carbocycles. The van der Waals surface area contributed by atoms with Gasteiger partial charge >= 0.3 is 12.1 Å². The Morgan fingerprint density at radius 2 is 1.88 bits per heavy atom. The zero-order chi connectivity index (χ0) is 24.3. The van der Waals surface area contributed by atoms with Gasteiger partial charge in [-0.05, 0) is 37.6 Å². The van der Waals surface area contributed by atoms with Crippen LogP contribution in [0.1, 0.15) is 35.5 Å². The molecular formula is C22H25F3N6O3. The van der Waals surface area contributed by atoms with Crippen molar-refractivity contribution in [1.29, 1.82) is 0 Å². The minimum absolute atomic E-state index is 0.124. The maximum Gasteiger partial charge on any atom is 0.417 e. The Morgan fingerprint density at radius 3 is 2.50 bits per heavy atom. The Bertz CT molecular complexity index is 1090. The first-order chi connectivity index (χ1) is 16.1. The van der Waals surface area contributed by atoms with Crippen molar-refractivity contribution >= 4 is 5.97 Å². The van der Waals surface area contributed by atoms with Crippen LogP contribution in [0.3, 0.4) is 0 Å². The zero-order valence-electron chi connectivity index (χ0n) is 18.8. The van der Waals surface area contributed by atoms with Crippen LogP contribution in [0.5, 0.6) is 0 Å². The van der Waals surface area contributed by atoms with Gasteiger partial charge in [0.2, 0.25) is 12.3 Å². The van der Waals surface area contributed by atoms with Crippen LogP contribution in [0.15, 0.2) is 41.3 Å². The molecule has 0 unspecified atom stereocenters. The van der Waals surface area contributed by atoms with Crippen LogP contribution in [-0.4, -0.2) is 74.5 Å². The molecule has 1 saturated heterocycles. The first-order valence-corrected chi connectivity index (χ1v) is 10.8. The van der Waals surface area contributed by atoms with Crippen LogP contribution < -0.4 is 0 Å². The number of H-pyrrole nitrogens is 1. The summed E-state index contributed by atoms with van der Waals surface area (Å²) in [6.07, 6.45) is -1.96. The van der Waals surface area contributed by atoms with Crippen molar-refractivity contribution < 1.29 is 27.1 Å². The number of halogens is 3. The van der Waals surface area contributed by atoms with E-state index in [9.17, 15) is 18.0 Å². The molecule has 3 aromatic rings. The van der Waals surface area contributed by atoms with E-state index in [0.29, 0.717) is 13.1 Å². The largest absolute Gasteiger partial charge is 0.454 e. The maximum absolute atomic E-state index is 13.4. The van der Waals surface area contributed by atoms with E-state index in [4.69, 9.17) is 9.15 Å². The first-order valence-electron chi connectivity index (χ1n) is 10.8. The van der Waals surface area contributed by atoms with Gasteiger partial charge in [-0.2, -0.15) is 18.3 Å². The summed E-state index contributed by atoms with van der Waals surface area (Å²) in [5.74, 6) is -0.644. The normalized spacial score (nSPS) is 16.0. The second kappa shape index (κ2) is 9.55. The molecule has 1 aliphatic rings. The fraction of sp³-hybridized carbons (Fsp3) is 0.455. The standard InChI is InChI=1S/C22H25F3N6O3/c1-21(2,34-20(32)18-5-6-26-28-18)13-31-9-7-30(8-10-31)12-15-3-4-17(22(23,24)25)16(11-15)19-29-27-14-33-19/h3-6,11,14H,7-10,12-13H2,1-2H3,(H,26,28). The number of esters is 1. The van der Waals surface area contributed by atoms with Gasteiger partial charge in [-0.15, -0.1) is 10.2 Å². The molecule has 2 aromatic heterocycles. The van der Waals surface area contributed by atoms with Gasteiger partial charge in [0.25, 0.3) is 0 Å². The van der Waals surface area contributed by atoms with Gasteiger partial charge in [-0.3, -0.25) is 14.9 Å². The number of nitrogens with one attached hydrogen (secondary N) is 1. The summed E-state index contributed by atoms with van der Waals surface area (Å²) in [6, 6.07) is 5.55. The summed E-state index contributed by atoms with van der Waals surface area (Å²) in [4.78, 5) is 16.6. The quantitative estimate of drug-likeness (QED) is 0.517. The minimum atomic E-state index is -4.53. The predicted octanol–water partition coefficient (Wildman–Crippen LogP) is 3.23. The van der Waals surface area contributed by atoms with Crippen LogP contribution in [0.25, 0.3) is 11.5 Å². The molecule has 4 rings (SSSR count). The molecule has 3 heterocycles. The zero-order valence-corrected chi connectivity index (χ0v) is 18.8. The van der Waals surface area contributed by atoms with Crippen molar-refractivity contribution in [1.82, 2.24) is 30.2 Å². The molecule has 1 aliphatic heterocycles. The molecule has 0 atom stereocenters. The lowest BCUT2D eigenvalue weighted by Crippen LogP contribution is -2.51. The Labute approximate surface area is 193 Å². The first kappa shape index (κ1) is 23.9. The lowest BCUT2D eigenvalue weighted by Gasteiger charge is -2.38. The van der Waals surface area contributed by atoms with Crippen LogP contribution in [0.2, 0.25) is 0 Å². The number of rotatable bonds is 7. The lowest BCUT2D eigenvalue weighted by atomic mass is 10.0. The van der Waals surface area contributed by atoms with E-state index in [-0.39, 0.29) is 17.1 Å². The molecule has 0 bridgehead atoms. The molecular weight excluding hydrogens is 453 g/mol. The average molecular weight is 478 g/mol. The summed E-state index contributed by atoms with van der Waals surface area (Å²) in [6.45, 7) is 7.67. The van der Waals surface area contributed by atoms with E-state index in [1.54, 1.807) is 12.3 Å². The van der Waals surface area contributed by atoms with E-state index >= 15 is 0 Å². The molecule has 1 fully saturated rings. The van der Waals surface area contributed by atoms with Crippen LogP contribution in [0.4, 0.5) is 13.2 Å². The highest BCUT2D eigenvalue weighted by Gasteiger charge is 2.35. The molecule has 0 spiro atoms. The second-order valence-corrected chi connectivity index (χ2v) is 8.78. The number of hydrogen-bond acceptors (Lipinski definition) is 8. The molecule has 1 aromatic carbocycles. The number of piperazine rings is 1. The van der Waals surface area contributed by atoms with Gasteiger partial charge in [0.1, 0.15) is 5.60 Å². The van der Waals surface area contributed by atoms with E-state index in [1.165, 1.54) is 12.1 Å². The Hall–Kier alpha value is -3.25. The molecule has 12 heteroatoms. The molecule has 182 valence electrons. The Morgan fingerprint density at radius 1 is 1.15 bits per heavy atom. The predicted molar refractivity (Wildman–Crippen MR) is 115 cm³/mol. The number of carbonyl (C=O) groups excluding carboxylic acids is 1. The van der Waals surface area contributed by atoms with E-state index < -0.39 is 23.3 Å². The third-order valence-electron chi connectivity index (χ3n) is 5.53. The van der Waals surface area contributed by atoms with E-state index in [2.05, 4.69) is 30.2 Å². The average Bonchev–Trinajstić information content (AvgIpc) is 3.48. The third kappa shape index (κ3) is 5.81. The highest BCUT2D eigenvalue weighted by molar-refractivity contribution is 5.87. The van der Waals surface area contributed by atoms with Crippen LogP contribution in [0, 0.1) is 0 Å². The van der Waals surface area contributed by atoms with Gasteiger partial charge < -0.3 is 9.15 Å². The lowest BCUT2D eigenvalue weighted by molar-refractivity contribution is -0.137. The molecule has 0 amide bonds. The number of aromatic nitrogens is 4. The van der Waals surface area contributed by atoms with Crippen molar-refractivity contribution in [3.05, 3.63) is 53.7 Å². The number of alkyl halides is 3. The van der Waals surface area contributed by atoms with Crippen LogP contribution >= 0.6 is 0 Å². The SMILES string of the molecule is CC(C)(CN1CCN(Cc2ccc(C(F)(F)F)c(-c3nnco3)c2)CC1)OC(=O)c1cc[nH]n1. The van der Waals surface area contributed by atoms with Gasteiger partial charge in [-0.1, -0.05) is 6.07 Å². The van der Waals surface area contributed by atoms with E-state index in [1.807, 2.05) is 13.8 Å². The van der Waals surface area contributed by atoms with Crippen molar-refractivity contribution in [2.24, 2.45) is 0 Å². The van der Waals surface area contributed by atoms with Gasteiger partial charge in [0.05, 0.1) is 11.1 Å². The topological polar surface area (TPSA) is 100 Å². The summed E-state index contributed by atoms with van der Waals surface area (Å²) >= 11 is 0. The second-order valence-electron chi connectivity index (χ2n) is 8.78. The summed E-state index contributed by atoms with van der Waals surface area (Å²) < 4.78 is 50.9. The third-order valence-corrected chi connectivity index (χ3v) is 5.53. The Kier molecular flexibility index (Phi) is 6.71. The molecule has 34 heavy (non-hydrogen) atoms. The molecule has 1 N–H and O–H groups in total. The van der Waals surface area contributed by atoms with Gasteiger partial charge in [0, 0.05) is 45.5 Å². The molecule has 0 saturated carbocycles. The smallest absolute Gasteiger partial charge is 0.417 e. The number of carbonyl (C=O) groups is 1. The fourth-order valence-electron chi connectivity index (χ4n) is 4.02. The highest BCUT2D eigenvalue weighted by atomic mass is 19.4.